The van der Waals surface area contributed by atoms with Crippen molar-refractivity contribution in [1.82, 2.24) is 4.57 Å². The van der Waals surface area contributed by atoms with Crippen LogP contribution in [0.5, 0.6) is 5.75 Å². The third kappa shape index (κ3) is 2.56. The van der Waals surface area contributed by atoms with Crippen molar-refractivity contribution in [3.8, 4) is 5.75 Å². The van der Waals surface area contributed by atoms with E-state index in [1.165, 1.54) is 0 Å². The van der Waals surface area contributed by atoms with E-state index in [1.807, 2.05) is 35.0 Å². The number of halogens is 1. The maximum Gasteiger partial charge on any atom is 0.133 e. The molecule has 0 radical (unpaired) electrons. The van der Waals surface area contributed by atoms with E-state index in [9.17, 15) is 10.2 Å². The lowest BCUT2D eigenvalue weighted by Crippen LogP contribution is -2.32. The first-order valence-corrected chi connectivity index (χ1v) is 7.29. The van der Waals surface area contributed by atoms with Crippen molar-refractivity contribution in [1.29, 1.82) is 0 Å². The molecule has 1 saturated carbocycles. The van der Waals surface area contributed by atoms with Gasteiger partial charge in [0.05, 0.1) is 5.60 Å². The summed E-state index contributed by atoms with van der Waals surface area (Å²) < 4.78 is 2.03. The number of hydrogen-bond donors (Lipinski definition) is 2. The molecule has 4 heteroatoms. The van der Waals surface area contributed by atoms with Crippen LogP contribution in [0.4, 0.5) is 0 Å². The lowest BCUT2D eigenvalue weighted by atomic mass is 9.77. The van der Waals surface area contributed by atoms with Crippen molar-refractivity contribution in [2.24, 2.45) is 0 Å². The predicted octanol–water partition coefficient (Wildman–Crippen LogP) is 3.85. The molecule has 1 aliphatic rings. The van der Waals surface area contributed by atoms with Gasteiger partial charge in [-0.15, -0.1) is 0 Å². The van der Waals surface area contributed by atoms with Crippen LogP contribution in [0.25, 0.3) is 0 Å². The molecule has 1 aliphatic carbocycles. The zero-order valence-corrected chi connectivity index (χ0v) is 11.9. The van der Waals surface area contributed by atoms with Gasteiger partial charge in [0.2, 0.25) is 0 Å². The van der Waals surface area contributed by atoms with E-state index in [2.05, 4.69) is 0 Å². The Kier molecular flexibility index (Phi) is 3.48. The number of aromatic nitrogens is 1. The molecule has 1 fully saturated rings. The van der Waals surface area contributed by atoms with Gasteiger partial charge >= 0.3 is 0 Å². The quantitative estimate of drug-likeness (QED) is 0.883. The summed E-state index contributed by atoms with van der Waals surface area (Å²) in [6.07, 6.45) is 6.82. The molecule has 0 amide bonds. The van der Waals surface area contributed by atoms with Gasteiger partial charge in [-0.3, -0.25) is 0 Å². The van der Waals surface area contributed by atoms with Gasteiger partial charge in [-0.1, -0.05) is 23.7 Å². The number of nitrogens with zero attached hydrogens (tertiary/aromatic N) is 1. The summed E-state index contributed by atoms with van der Waals surface area (Å²) in [6, 6.07) is 9.53. The summed E-state index contributed by atoms with van der Waals surface area (Å²) in [7, 11) is 0. The van der Waals surface area contributed by atoms with Crippen molar-refractivity contribution in [3.05, 3.63) is 53.3 Å². The highest BCUT2D eigenvalue weighted by Crippen LogP contribution is 2.42. The summed E-state index contributed by atoms with van der Waals surface area (Å²) >= 11 is 6.01. The van der Waals surface area contributed by atoms with E-state index in [-0.39, 0.29) is 0 Å². The summed E-state index contributed by atoms with van der Waals surface area (Å²) in [5.74, 6) is 0.292. The van der Waals surface area contributed by atoms with Crippen LogP contribution in [0.1, 0.15) is 37.3 Å². The Hall–Kier alpha value is -1.45. The molecular weight excluding hydrogens is 274 g/mol. The van der Waals surface area contributed by atoms with Gasteiger partial charge in [0.1, 0.15) is 5.75 Å². The van der Waals surface area contributed by atoms with Crippen molar-refractivity contribution in [2.45, 2.75) is 37.3 Å². The van der Waals surface area contributed by atoms with Crippen molar-refractivity contribution in [3.63, 3.8) is 0 Å². The van der Waals surface area contributed by atoms with Crippen molar-refractivity contribution in [2.75, 3.05) is 0 Å². The van der Waals surface area contributed by atoms with Crippen molar-refractivity contribution >= 4 is 11.6 Å². The summed E-state index contributed by atoms with van der Waals surface area (Å²) in [5, 5.41) is 20.9. The van der Waals surface area contributed by atoms with Crippen LogP contribution in [0.3, 0.4) is 0 Å². The zero-order chi connectivity index (χ0) is 14.2. The molecule has 1 heterocycles. The molecule has 20 heavy (non-hydrogen) atoms. The maximum atomic E-state index is 10.8. The Morgan fingerprint density at radius 2 is 1.95 bits per heavy atom. The fraction of sp³-hybridized carbons (Fsp3) is 0.375. The van der Waals surface area contributed by atoms with Crippen LogP contribution in [0.15, 0.2) is 42.7 Å². The minimum Gasteiger partial charge on any atom is -0.506 e. The number of aliphatic hydroxyl groups is 1. The molecule has 0 atom stereocenters. The first-order valence-electron chi connectivity index (χ1n) is 6.92. The Balaban J connectivity index is 1.74. The third-order valence-electron chi connectivity index (χ3n) is 4.26. The molecular formula is C16H18ClNO2. The lowest BCUT2D eigenvalue weighted by Gasteiger charge is -2.37. The molecule has 1 aromatic heterocycles. The predicted molar refractivity (Wildman–Crippen MR) is 79.0 cm³/mol. The molecule has 0 unspecified atom stereocenters. The van der Waals surface area contributed by atoms with E-state index in [4.69, 9.17) is 11.6 Å². The van der Waals surface area contributed by atoms with E-state index in [1.54, 1.807) is 12.3 Å². The lowest BCUT2D eigenvalue weighted by molar-refractivity contribution is -0.0123. The fourth-order valence-corrected chi connectivity index (χ4v) is 3.26. The largest absolute Gasteiger partial charge is 0.506 e. The molecule has 0 spiro atoms. The zero-order valence-electron chi connectivity index (χ0n) is 11.2. The standard InChI is InChI=1S/C16H18ClNO2/c17-13-3-1-2-12(10-13)16(20)7-4-14(5-8-16)18-9-6-15(19)11-18/h1-3,6,9-11,14,19-20H,4-5,7-8H2. The van der Waals surface area contributed by atoms with Crippen LogP contribution in [0, 0.1) is 0 Å². The fourth-order valence-electron chi connectivity index (χ4n) is 3.07. The topological polar surface area (TPSA) is 45.4 Å². The van der Waals surface area contributed by atoms with Gasteiger partial charge in [0.15, 0.2) is 0 Å². The van der Waals surface area contributed by atoms with Crippen LogP contribution < -0.4 is 0 Å². The highest BCUT2D eigenvalue weighted by Gasteiger charge is 2.35. The maximum absolute atomic E-state index is 10.8. The molecule has 106 valence electrons. The Labute approximate surface area is 123 Å². The molecule has 2 aromatic rings. The molecule has 2 N–H and O–H groups in total. The van der Waals surface area contributed by atoms with Crippen LogP contribution >= 0.6 is 11.6 Å². The monoisotopic (exact) mass is 291 g/mol. The number of aromatic hydroxyl groups is 1. The Morgan fingerprint density at radius 1 is 1.20 bits per heavy atom. The second-order valence-electron chi connectivity index (χ2n) is 5.59. The Morgan fingerprint density at radius 3 is 2.55 bits per heavy atom. The SMILES string of the molecule is Oc1ccn(C2CCC(O)(c3cccc(Cl)c3)CC2)c1. The number of benzene rings is 1. The molecule has 3 rings (SSSR count). The molecule has 0 aliphatic heterocycles. The second-order valence-corrected chi connectivity index (χ2v) is 6.03. The van der Waals surface area contributed by atoms with Crippen LogP contribution in [-0.2, 0) is 5.60 Å². The summed E-state index contributed by atoms with van der Waals surface area (Å²) in [5.41, 5.74) is 0.121. The van der Waals surface area contributed by atoms with Gasteiger partial charge in [-0.25, -0.2) is 0 Å². The molecule has 0 bridgehead atoms. The summed E-state index contributed by atoms with van der Waals surface area (Å²) in [6.45, 7) is 0. The van der Waals surface area contributed by atoms with Crippen LogP contribution in [-0.4, -0.2) is 14.8 Å². The van der Waals surface area contributed by atoms with E-state index in [0.29, 0.717) is 29.7 Å². The van der Waals surface area contributed by atoms with E-state index >= 15 is 0 Å². The normalized spacial score (nSPS) is 26.6. The van der Waals surface area contributed by atoms with Crippen molar-refractivity contribution < 1.29 is 10.2 Å². The minimum absolute atomic E-state index is 0.292. The average Bonchev–Trinajstić information content (AvgIpc) is 2.86. The van der Waals surface area contributed by atoms with E-state index < -0.39 is 5.60 Å². The van der Waals surface area contributed by atoms with E-state index in [0.717, 1.165) is 18.4 Å². The minimum atomic E-state index is -0.781. The summed E-state index contributed by atoms with van der Waals surface area (Å²) in [4.78, 5) is 0. The van der Waals surface area contributed by atoms with Gasteiger partial charge in [0.25, 0.3) is 0 Å². The highest BCUT2D eigenvalue weighted by atomic mass is 35.5. The highest BCUT2D eigenvalue weighted by molar-refractivity contribution is 6.30. The Bertz CT molecular complexity index is 600. The average molecular weight is 292 g/mol. The third-order valence-corrected chi connectivity index (χ3v) is 4.50. The smallest absolute Gasteiger partial charge is 0.133 e. The number of hydrogen-bond acceptors (Lipinski definition) is 2. The van der Waals surface area contributed by atoms with Crippen LogP contribution in [0.2, 0.25) is 5.02 Å². The van der Waals surface area contributed by atoms with Gasteiger partial charge in [0, 0.05) is 23.5 Å². The molecule has 1 aromatic carbocycles. The first-order chi connectivity index (χ1) is 9.57. The molecule has 3 nitrogen and oxygen atoms in total. The second kappa shape index (κ2) is 5.15. The molecule has 0 saturated heterocycles. The van der Waals surface area contributed by atoms with Gasteiger partial charge < -0.3 is 14.8 Å². The number of rotatable bonds is 2. The van der Waals surface area contributed by atoms with Gasteiger partial charge in [-0.05, 0) is 49.4 Å². The first kappa shape index (κ1) is 13.5. The van der Waals surface area contributed by atoms with Gasteiger partial charge in [-0.2, -0.15) is 0 Å².